The molecule has 2 heterocycles. The topological polar surface area (TPSA) is 49.3 Å². The summed E-state index contributed by atoms with van der Waals surface area (Å²) in [6.07, 6.45) is 5.15. The lowest BCUT2D eigenvalue weighted by molar-refractivity contribution is 1.05. The summed E-state index contributed by atoms with van der Waals surface area (Å²) in [5.41, 5.74) is 3.59. The molecule has 0 aliphatic rings. The third-order valence-electron chi connectivity index (χ3n) is 2.04. The minimum atomic E-state index is 0.438. The monoisotopic (exact) mass is 276 g/mol. The molecule has 0 bridgehead atoms. The van der Waals surface area contributed by atoms with Gasteiger partial charge in [0.25, 0.3) is 0 Å². The number of thiocarbonyl (C=S) groups is 1. The van der Waals surface area contributed by atoms with Crippen molar-refractivity contribution in [2.75, 3.05) is 5.32 Å². The molecular formula is C12H12N4S2. The van der Waals surface area contributed by atoms with Crippen molar-refractivity contribution in [3.05, 3.63) is 46.4 Å². The maximum atomic E-state index is 5.10. The van der Waals surface area contributed by atoms with E-state index >= 15 is 0 Å². The fraction of sp³-hybridized carbons (Fsp3) is 0.0833. The molecule has 0 aromatic carbocycles. The van der Waals surface area contributed by atoms with Gasteiger partial charge in [0.2, 0.25) is 0 Å². The second kappa shape index (κ2) is 6.23. The van der Waals surface area contributed by atoms with Gasteiger partial charge in [-0.05, 0) is 43.4 Å². The fourth-order valence-corrected chi connectivity index (χ4v) is 2.19. The van der Waals surface area contributed by atoms with Crippen molar-refractivity contribution in [2.45, 2.75) is 6.92 Å². The SMILES string of the molecule is Cc1ccc(C=NNC(=S)Nc2cccnc2)s1. The molecule has 0 radical (unpaired) electrons. The third-order valence-corrected chi connectivity index (χ3v) is 3.17. The molecule has 0 saturated heterocycles. The van der Waals surface area contributed by atoms with Gasteiger partial charge in [0.1, 0.15) is 0 Å². The molecule has 18 heavy (non-hydrogen) atoms. The zero-order valence-electron chi connectivity index (χ0n) is 9.75. The molecule has 0 amide bonds. The molecule has 2 aromatic heterocycles. The van der Waals surface area contributed by atoms with E-state index in [2.05, 4.69) is 33.8 Å². The van der Waals surface area contributed by atoms with Gasteiger partial charge in [0.05, 0.1) is 18.1 Å². The van der Waals surface area contributed by atoms with Crippen LogP contribution >= 0.6 is 23.6 Å². The summed E-state index contributed by atoms with van der Waals surface area (Å²) >= 11 is 6.78. The Hall–Kier alpha value is -1.79. The lowest BCUT2D eigenvalue weighted by atomic mass is 10.4. The maximum Gasteiger partial charge on any atom is 0.191 e. The number of aryl methyl sites for hydroxylation is 1. The Labute approximate surface area is 115 Å². The molecule has 0 aliphatic heterocycles. The summed E-state index contributed by atoms with van der Waals surface area (Å²) in [6.45, 7) is 2.06. The molecular weight excluding hydrogens is 264 g/mol. The van der Waals surface area contributed by atoms with E-state index in [0.29, 0.717) is 5.11 Å². The van der Waals surface area contributed by atoms with E-state index in [0.717, 1.165) is 10.6 Å². The molecule has 2 rings (SSSR count). The van der Waals surface area contributed by atoms with Crippen LogP contribution in [0.3, 0.4) is 0 Å². The molecule has 0 unspecified atom stereocenters. The summed E-state index contributed by atoms with van der Waals surface area (Å²) in [6, 6.07) is 7.79. The zero-order chi connectivity index (χ0) is 12.8. The van der Waals surface area contributed by atoms with Gasteiger partial charge in [-0.15, -0.1) is 11.3 Å². The van der Waals surface area contributed by atoms with Crippen molar-refractivity contribution in [3.8, 4) is 0 Å². The number of thiophene rings is 1. The summed E-state index contributed by atoms with van der Waals surface area (Å²) < 4.78 is 0. The molecule has 92 valence electrons. The molecule has 0 atom stereocenters. The Balaban J connectivity index is 1.83. The third kappa shape index (κ3) is 3.90. The first-order valence-corrected chi connectivity index (χ1v) is 6.53. The van der Waals surface area contributed by atoms with E-state index in [4.69, 9.17) is 12.2 Å². The van der Waals surface area contributed by atoms with Crippen molar-refractivity contribution in [2.24, 2.45) is 5.10 Å². The Morgan fingerprint density at radius 3 is 3.00 bits per heavy atom. The number of hydrogen-bond donors (Lipinski definition) is 2. The van der Waals surface area contributed by atoms with Crippen LogP contribution in [0.4, 0.5) is 5.69 Å². The van der Waals surface area contributed by atoms with Gasteiger partial charge in [0, 0.05) is 16.0 Å². The Morgan fingerprint density at radius 1 is 1.44 bits per heavy atom. The van der Waals surface area contributed by atoms with Crippen molar-refractivity contribution >= 4 is 40.6 Å². The van der Waals surface area contributed by atoms with E-state index in [-0.39, 0.29) is 0 Å². The number of hydrazone groups is 1. The quantitative estimate of drug-likeness (QED) is 0.514. The molecule has 2 N–H and O–H groups in total. The zero-order valence-corrected chi connectivity index (χ0v) is 11.4. The van der Waals surface area contributed by atoms with Crippen LogP contribution in [0.1, 0.15) is 9.75 Å². The molecule has 0 fully saturated rings. The van der Waals surface area contributed by atoms with Crippen molar-refractivity contribution < 1.29 is 0 Å². The molecule has 0 saturated carbocycles. The number of rotatable bonds is 3. The second-order valence-electron chi connectivity index (χ2n) is 3.51. The minimum absolute atomic E-state index is 0.438. The van der Waals surface area contributed by atoms with Gasteiger partial charge >= 0.3 is 0 Å². The Bertz CT molecular complexity index is 548. The lowest BCUT2D eigenvalue weighted by Crippen LogP contribution is -2.23. The second-order valence-corrected chi connectivity index (χ2v) is 5.24. The van der Waals surface area contributed by atoms with Crippen LogP contribution in [-0.2, 0) is 0 Å². The Morgan fingerprint density at radius 2 is 2.33 bits per heavy atom. The number of hydrogen-bond acceptors (Lipinski definition) is 4. The van der Waals surface area contributed by atoms with Crippen molar-refractivity contribution in [3.63, 3.8) is 0 Å². The van der Waals surface area contributed by atoms with Gasteiger partial charge in [-0.2, -0.15) is 5.10 Å². The lowest BCUT2D eigenvalue weighted by Gasteiger charge is -2.05. The van der Waals surface area contributed by atoms with Crippen LogP contribution in [-0.4, -0.2) is 16.3 Å². The molecule has 0 spiro atoms. The highest BCUT2D eigenvalue weighted by molar-refractivity contribution is 7.80. The highest BCUT2D eigenvalue weighted by Crippen LogP contribution is 2.12. The average Bonchev–Trinajstić information content (AvgIpc) is 2.76. The van der Waals surface area contributed by atoms with Crippen LogP contribution in [0.15, 0.2) is 41.8 Å². The van der Waals surface area contributed by atoms with E-state index in [1.807, 2.05) is 18.2 Å². The summed E-state index contributed by atoms with van der Waals surface area (Å²) in [5.74, 6) is 0. The van der Waals surface area contributed by atoms with Crippen LogP contribution in [0, 0.1) is 6.92 Å². The number of nitrogens with one attached hydrogen (secondary N) is 2. The Kier molecular flexibility index (Phi) is 4.38. The van der Waals surface area contributed by atoms with E-state index in [1.165, 1.54) is 4.88 Å². The highest BCUT2D eigenvalue weighted by atomic mass is 32.1. The van der Waals surface area contributed by atoms with Gasteiger partial charge in [-0.3, -0.25) is 10.4 Å². The smallest absolute Gasteiger partial charge is 0.191 e. The first-order valence-electron chi connectivity index (χ1n) is 5.30. The highest BCUT2D eigenvalue weighted by Gasteiger charge is 1.95. The van der Waals surface area contributed by atoms with Crippen LogP contribution in [0.2, 0.25) is 0 Å². The first kappa shape index (κ1) is 12.7. The normalized spacial score (nSPS) is 10.5. The number of pyridine rings is 1. The predicted molar refractivity (Wildman–Crippen MR) is 80.2 cm³/mol. The number of anilines is 1. The van der Waals surface area contributed by atoms with Crippen molar-refractivity contribution in [1.29, 1.82) is 0 Å². The maximum absolute atomic E-state index is 5.10. The van der Waals surface area contributed by atoms with Crippen molar-refractivity contribution in [1.82, 2.24) is 10.4 Å². The number of aromatic nitrogens is 1. The fourth-order valence-electron chi connectivity index (χ4n) is 1.27. The first-order chi connectivity index (χ1) is 8.74. The van der Waals surface area contributed by atoms with Crippen LogP contribution < -0.4 is 10.7 Å². The summed E-state index contributed by atoms with van der Waals surface area (Å²) in [5, 5.41) is 7.48. The molecule has 4 nitrogen and oxygen atoms in total. The number of nitrogens with zero attached hydrogens (tertiary/aromatic N) is 2. The molecule has 0 aliphatic carbocycles. The summed E-state index contributed by atoms with van der Waals surface area (Å²) in [7, 11) is 0. The van der Waals surface area contributed by atoms with Gasteiger partial charge < -0.3 is 5.32 Å². The minimum Gasteiger partial charge on any atom is -0.330 e. The average molecular weight is 276 g/mol. The predicted octanol–water partition coefficient (Wildman–Crippen LogP) is 2.77. The van der Waals surface area contributed by atoms with Gasteiger partial charge in [0.15, 0.2) is 5.11 Å². The van der Waals surface area contributed by atoms with Gasteiger partial charge in [-0.1, -0.05) is 0 Å². The van der Waals surface area contributed by atoms with Crippen LogP contribution in [0.25, 0.3) is 0 Å². The molecule has 6 heteroatoms. The summed E-state index contributed by atoms with van der Waals surface area (Å²) in [4.78, 5) is 6.33. The van der Waals surface area contributed by atoms with E-state index < -0.39 is 0 Å². The van der Waals surface area contributed by atoms with E-state index in [1.54, 1.807) is 29.9 Å². The van der Waals surface area contributed by atoms with Gasteiger partial charge in [-0.25, -0.2) is 0 Å². The molecule has 2 aromatic rings. The van der Waals surface area contributed by atoms with E-state index in [9.17, 15) is 0 Å². The largest absolute Gasteiger partial charge is 0.330 e. The van der Waals surface area contributed by atoms with Crippen LogP contribution in [0.5, 0.6) is 0 Å². The standard InChI is InChI=1S/C12H12N4S2/c1-9-4-5-11(18-9)8-14-16-12(17)15-10-3-2-6-13-7-10/h2-8H,1H3,(H2,15,16,17).